The normalized spacial score (nSPS) is 10.7. The summed E-state index contributed by atoms with van der Waals surface area (Å²) in [4.78, 5) is 0. The van der Waals surface area contributed by atoms with E-state index >= 15 is 0 Å². The Balaban J connectivity index is 0.000000555. The fraction of sp³-hybridized carbons (Fsp3) is 0.400. The van der Waals surface area contributed by atoms with Gasteiger partial charge in [-0.1, -0.05) is 0 Å². The minimum absolute atomic E-state index is 0.0338. The van der Waals surface area contributed by atoms with Gasteiger partial charge in [-0.05, 0) is 36.1 Å². The van der Waals surface area contributed by atoms with Crippen molar-refractivity contribution in [2.24, 2.45) is 0 Å². The van der Waals surface area contributed by atoms with Crippen molar-refractivity contribution >= 4 is 21.8 Å². The molecule has 0 amide bonds. The molecule has 0 fully saturated rings. The van der Waals surface area contributed by atoms with Gasteiger partial charge in [-0.25, -0.2) is 0 Å². The number of benzene rings is 1. The highest BCUT2D eigenvalue weighted by molar-refractivity contribution is 7.79. The molecule has 0 spiro atoms. The van der Waals surface area contributed by atoms with E-state index in [9.17, 15) is 0 Å². The van der Waals surface area contributed by atoms with Gasteiger partial charge in [0, 0.05) is 24.6 Å². The lowest BCUT2D eigenvalue weighted by molar-refractivity contribution is 0.293. The number of nitrogen functional groups attached to an aromatic ring is 2. The highest BCUT2D eigenvalue weighted by Gasteiger charge is 2.08. The number of nitrogens with two attached hydrogens (primary N) is 2. The first-order valence-electron chi connectivity index (χ1n) is 5.28. The third-order valence-corrected chi connectivity index (χ3v) is 2.23. The van der Waals surface area contributed by atoms with Crippen LogP contribution >= 0.6 is 0 Å². The Morgan fingerprint density at radius 3 is 1.37 bits per heavy atom. The third-order valence-electron chi connectivity index (χ3n) is 2.23. The van der Waals surface area contributed by atoms with Crippen molar-refractivity contribution in [1.29, 1.82) is 0 Å². The Bertz CT molecular complexity index is 464. The van der Waals surface area contributed by atoms with Crippen LogP contribution in [0.4, 0.5) is 11.4 Å². The summed E-state index contributed by atoms with van der Waals surface area (Å²) in [6.45, 7) is 0.0676. The minimum atomic E-state index is -4.67. The highest BCUT2D eigenvalue weighted by atomic mass is 32.3. The predicted molar refractivity (Wildman–Crippen MR) is 71.0 cm³/mol. The molecule has 1 aromatic carbocycles. The summed E-state index contributed by atoms with van der Waals surface area (Å²) >= 11 is 0. The van der Waals surface area contributed by atoms with E-state index < -0.39 is 10.4 Å². The molecule has 1 aromatic rings. The minimum Gasteiger partial charge on any atom is -0.398 e. The number of aliphatic hydroxyl groups is 2. The Morgan fingerprint density at radius 2 is 1.16 bits per heavy atom. The lowest BCUT2D eigenvalue weighted by Gasteiger charge is -2.13. The summed E-state index contributed by atoms with van der Waals surface area (Å²) in [5, 5.41) is 17.7. The fourth-order valence-electron chi connectivity index (χ4n) is 1.54. The van der Waals surface area contributed by atoms with Gasteiger partial charge in [-0.2, -0.15) is 8.42 Å². The molecule has 0 aliphatic carbocycles. The average molecular weight is 294 g/mol. The molecule has 8 nitrogen and oxygen atoms in total. The van der Waals surface area contributed by atoms with Gasteiger partial charge in [0.1, 0.15) is 0 Å². The van der Waals surface area contributed by atoms with Crippen molar-refractivity contribution in [3.8, 4) is 0 Å². The van der Waals surface area contributed by atoms with Crippen molar-refractivity contribution in [1.82, 2.24) is 0 Å². The quantitative estimate of drug-likeness (QED) is 0.312. The van der Waals surface area contributed by atoms with E-state index in [0.29, 0.717) is 24.2 Å². The number of anilines is 2. The van der Waals surface area contributed by atoms with Crippen LogP contribution in [0.1, 0.15) is 11.1 Å². The van der Waals surface area contributed by atoms with Gasteiger partial charge in [-0.15, -0.1) is 0 Å². The van der Waals surface area contributed by atoms with Crippen LogP contribution in [0.25, 0.3) is 0 Å². The zero-order valence-electron chi connectivity index (χ0n) is 10.2. The molecular weight excluding hydrogens is 276 g/mol. The third kappa shape index (κ3) is 7.59. The molecule has 110 valence electrons. The molecule has 9 heteroatoms. The zero-order chi connectivity index (χ0) is 15.1. The number of hydrogen-bond acceptors (Lipinski definition) is 6. The molecule has 1 rings (SSSR count). The molecule has 0 saturated heterocycles. The number of rotatable bonds is 4. The molecule has 0 bridgehead atoms. The summed E-state index contributed by atoms with van der Waals surface area (Å²) in [5.41, 5.74) is 14.5. The molecule has 0 heterocycles. The van der Waals surface area contributed by atoms with Crippen LogP contribution in [-0.2, 0) is 23.2 Å². The fourth-order valence-corrected chi connectivity index (χ4v) is 1.54. The second-order valence-electron chi connectivity index (χ2n) is 3.60. The highest BCUT2D eigenvalue weighted by Crippen LogP contribution is 2.24. The zero-order valence-corrected chi connectivity index (χ0v) is 11.0. The van der Waals surface area contributed by atoms with Crippen LogP contribution in [0.3, 0.4) is 0 Å². The second-order valence-corrected chi connectivity index (χ2v) is 4.49. The second kappa shape index (κ2) is 7.92. The molecule has 0 unspecified atom stereocenters. The first-order chi connectivity index (χ1) is 8.70. The maximum Gasteiger partial charge on any atom is 0.394 e. The van der Waals surface area contributed by atoms with E-state index in [1.807, 2.05) is 0 Å². The predicted octanol–water partition coefficient (Wildman–Crippen LogP) is -0.732. The number of hydrogen-bond donors (Lipinski definition) is 6. The topological polar surface area (TPSA) is 167 Å². The van der Waals surface area contributed by atoms with Gasteiger partial charge in [0.15, 0.2) is 0 Å². The number of aliphatic hydroxyl groups excluding tert-OH is 2. The smallest absolute Gasteiger partial charge is 0.394 e. The van der Waals surface area contributed by atoms with E-state index in [0.717, 1.165) is 11.1 Å². The van der Waals surface area contributed by atoms with Crippen LogP contribution in [0.5, 0.6) is 0 Å². The Labute approximate surface area is 111 Å². The molecule has 19 heavy (non-hydrogen) atoms. The van der Waals surface area contributed by atoms with Gasteiger partial charge in [0.05, 0.1) is 0 Å². The maximum absolute atomic E-state index is 8.87. The lowest BCUT2D eigenvalue weighted by atomic mass is 9.98. The summed E-state index contributed by atoms with van der Waals surface area (Å²) in [7, 11) is -4.67. The van der Waals surface area contributed by atoms with Crippen molar-refractivity contribution in [3.05, 3.63) is 23.3 Å². The molecular formula is C10H18N2O6S. The molecule has 0 aliphatic heterocycles. The van der Waals surface area contributed by atoms with E-state index in [1.165, 1.54) is 0 Å². The first-order valence-corrected chi connectivity index (χ1v) is 6.67. The molecule has 0 atom stereocenters. The maximum atomic E-state index is 8.87. The summed E-state index contributed by atoms with van der Waals surface area (Å²) in [6.07, 6.45) is 0.957. The van der Waals surface area contributed by atoms with Crippen molar-refractivity contribution in [2.75, 3.05) is 24.7 Å². The van der Waals surface area contributed by atoms with E-state index in [2.05, 4.69) is 0 Å². The van der Waals surface area contributed by atoms with Gasteiger partial charge < -0.3 is 21.7 Å². The molecule has 0 radical (unpaired) electrons. The summed E-state index contributed by atoms with van der Waals surface area (Å²) in [5.74, 6) is 0. The SMILES string of the molecule is Nc1ccc(N)c(CCO)c1CCO.O=S(=O)(O)O. The van der Waals surface area contributed by atoms with Crippen LogP contribution < -0.4 is 11.5 Å². The van der Waals surface area contributed by atoms with Gasteiger partial charge in [0.25, 0.3) is 0 Å². The van der Waals surface area contributed by atoms with Crippen LogP contribution in [-0.4, -0.2) is 41.0 Å². The van der Waals surface area contributed by atoms with Crippen molar-refractivity contribution < 1.29 is 27.7 Å². The van der Waals surface area contributed by atoms with Crippen LogP contribution in [0.15, 0.2) is 12.1 Å². The first kappa shape index (κ1) is 17.6. The summed E-state index contributed by atoms with van der Waals surface area (Å²) < 4.78 is 31.6. The average Bonchev–Trinajstić information content (AvgIpc) is 2.26. The van der Waals surface area contributed by atoms with E-state index in [-0.39, 0.29) is 13.2 Å². The Kier molecular flexibility index (Phi) is 7.34. The summed E-state index contributed by atoms with van der Waals surface area (Å²) in [6, 6.07) is 3.45. The molecule has 8 N–H and O–H groups in total. The van der Waals surface area contributed by atoms with Crippen LogP contribution in [0.2, 0.25) is 0 Å². The van der Waals surface area contributed by atoms with Crippen molar-refractivity contribution in [2.45, 2.75) is 12.8 Å². The lowest BCUT2D eigenvalue weighted by Crippen LogP contribution is -2.07. The standard InChI is InChI=1S/C10H16N2O2.H2O4S/c11-9-1-2-10(12)8(4-6-14)7(9)3-5-13;1-5(2,3)4/h1-2,13-14H,3-6,11-12H2;(H2,1,2,3,4). The van der Waals surface area contributed by atoms with Gasteiger partial charge in [0.2, 0.25) is 0 Å². The largest absolute Gasteiger partial charge is 0.398 e. The van der Waals surface area contributed by atoms with Crippen LogP contribution in [0, 0.1) is 0 Å². The molecule has 0 aliphatic rings. The van der Waals surface area contributed by atoms with Crippen molar-refractivity contribution in [3.63, 3.8) is 0 Å². The van der Waals surface area contributed by atoms with Gasteiger partial charge in [-0.3, -0.25) is 9.11 Å². The monoisotopic (exact) mass is 294 g/mol. The van der Waals surface area contributed by atoms with Gasteiger partial charge >= 0.3 is 10.4 Å². The van der Waals surface area contributed by atoms with E-state index in [4.69, 9.17) is 39.2 Å². The molecule has 0 saturated carbocycles. The van der Waals surface area contributed by atoms with E-state index in [1.54, 1.807) is 12.1 Å². The molecule has 0 aromatic heterocycles. The Morgan fingerprint density at radius 1 is 0.895 bits per heavy atom. The Hall–Kier alpha value is -1.39.